The van der Waals surface area contributed by atoms with E-state index in [1.165, 1.54) is 4.90 Å². The third kappa shape index (κ3) is 4.09. The lowest BCUT2D eigenvalue weighted by Crippen LogP contribution is -2.44. The zero-order valence-electron chi connectivity index (χ0n) is 18.7. The van der Waals surface area contributed by atoms with Gasteiger partial charge in [0.2, 0.25) is 5.91 Å². The van der Waals surface area contributed by atoms with Gasteiger partial charge in [-0.25, -0.2) is 9.78 Å². The molecule has 170 valence electrons. The van der Waals surface area contributed by atoms with E-state index in [1.807, 2.05) is 19.1 Å². The average molecular weight is 447 g/mol. The van der Waals surface area contributed by atoms with E-state index >= 15 is 0 Å². The number of hydrogen-bond donors (Lipinski definition) is 2. The number of rotatable bonds is 6. The predicted molar refractivity (Wildman–Crippen MR) is 122 cm³/mol. The number of nitrogens with one attached hydrogen (secondary N) is 2. The zero-order valence-corrected chi connectivity index (χ0v) is 18.7. The van der Waals surface area contributed by atoms with Crippen molar-refractivity contribution in [2.75, 3.05) is 13.1 Å². The highest BCUT2D eigenvalue weighted by Gasteiger charge is 2.49. The number of aromatic nitrogens is 2. The van der Waals surface area contributed by atoms with Crippen molar-refractivity contribution in [3.05, 3.63) is 75.8 Å². The third-order valence-electron chi connectivity index (χ3n) is 5.93. The van der Waals surface area contributed by atoms with Crippen LogP contribution in [0, 0.1) is 6.92 Å². The number of H-pyrrole nitrogens is 1. The molecule has 1 saturated heterocycles. The van der Waals surface area contributed by atoms with Crippen LogP contribution in [-0.4, -0.2) is 50.7 Å². The number of nitrogens with zero attached hydrogens (tertiary/aromatic N) is 3. The number of urea groups is 1. The number of para-hydroxylation sites is 1. The van der Waals surface area contributed by atoms with Gasteiger partial charge in [0.25, 0.3) is 11.5 Å². The van der Waals surface area contributed by atoms with Gasteiger partial charge in [-0.1, -0.05) is 42.0 Å². The molecule has 4 rings (SSSR count). The molecule has 1 aromatic heterocycles. The van der Waals surface area contributed by atoms with E-state index in [4.69, 9.17) is 0 Å². The van der Waals surface area contributed by atoms with Crippen molar-refractivity contribution in [2.24, 2.45) is 0 Å². The first-order valence-electron chi connectivity index (χ1n) is 10.7. The first kappa shape index (κ1) is 22.2. The fraction of sp³-hybridized carbons (Fsp3) is 0.292. The van der Waals surface area contributed by atoms with Crippen LogP contribution in [0.3, 0.4) is 0 Å². The SMILES string of the molecule is CCN(Cc1nc2ccccc2c(=O)[nH]1)C(=O)CN1C(=O)N[C@@](C)(c2ccc(C)cc2)C1=O. The molecule has 1 atom stereocenters. The second-order valence-electron chi connectivity index (χ2n) is 8.25. The molecule has 1 fully saturated rings. The maximum absolute atomic E-state index is 13.1. The van der Waals surface area contributed by atoms with Crippen molar-refractivity contribution in [1.82, 2.24) is 25.1 Å². The molecule has 0 unspecified atom stereocenters. The Labute approximate surface area is 190 Å². The summed E-state index contributed by atoms with van der Waals surface area (Å²) in [6, 6.07) is 13.6. The van der Waals surface area contributed by atoms with E-state index in [0.29, 0.717) is 28.8 Å². The average Bonchev–Trinajstić information content (AvgIpc) is 3.01. The van der Waals surface area contributed by atoms with Crippen molar-refractivity contribution in [1.29, 1.82) is 0 Å². The van der Waals surface area contributed by atoms with Gasteiger partial charge >= 0.3 is 6.03 Å². The van der Waals surface area contributed by atoms with Crippen LogP contribution in [0.1, 0.15) is 30.8 Å². The summed E-state index contributed by atoms with van der Waals surface area (Å²) < 4.78 is 0. The summed E-state index contributed by atoms with van der Waals surface area (Å²) >= 11 is 0. The molecule has 0 bridgehead atoms. The molecule has 2 heterocycles. The third-order valence-corrected chi connectivity index (χ3v) is 5.93. The highest BCUT2D eigenvalue weighted by atomic mass is 16.2. The van der Waals surface area contributed by atoms with Gasteiger partial charge in [0, 0.05) is 6.54 Å². The number of benzene rings is 2. The van der Waals surface area contributed by atoms with E-state index in [9.17, 15) is 19.2 Å². The fourth-order valence-electron chi connectivity index (χ4n) is 3.93. The number of carbonyl (C=O) groups excluding carboxylic acids is 3. The van der Waals surface area contributed by atoms with Crippen LogP contribution >= 0.6 is 0 Å². The fourth-order valence-corrected chi connectivity index (χ4v) is 3.93. The van der Waals surface area contributed by atoms with Crippen molar-refractivity contribution in [3.63, 3.8) is 0 Å². The Bertz CT molecular complexity index is 1300. The molecule has 33 heavy (non-hydrogen) atoms. The first-order valence-corrected chi connectivity index (χ1v) is 10.7. The summed E-state index contributed by atoms with van der Waals surface area (Å²) in [6.07, 6.45) is 0. The van der Waals surface area contributed by atoms with Gasteiger partial charge < -0.3 is 15.2 Å². The number of fused-ring (bicyclic) bond motifs is 1. The minimum Gasteiger partial charge on any atom is -0.334 e. The monoisotopic (exact) mass is 447 g/mol. The minimum atomic E-state index is -1.24. The Balaban J connectivity index is 1.52. The second-order valence-corrected chi connectivity index (χ2v) is 8.25. The van der Waals surface area contributed by atoms with Crippen molar-refractivity contribution in [2.45, 2.75) is 32.9 Å². The number of imide groups is 1. The molecule has 9 heteroatoms. The highest BCUT2D eigenvalue weighted by Crippen LogP contribution is 2.29. The Morgan fingerprint density at radius 3 is 2.48 bits per heavy atom. The Morgan fingerprint density at radius 2 is 1.79 bits per heavy atom. The van der Waals surface area contributed by atoms with Gasteiger partial charge in [0.05, 0.1) is 17.4 Å². The molecule has 0 radical (unpaired) electrons. The molecule has 4 amide bonds. The van der Waals surface area contributed by atoms with Crippen molar-refractivity contribution in [3.8, 4) is 0 Å². The summed E-state index contributed by atoms with van der Waals surface area (Å²) in [7, 11) is 0. The number of hydrogen-bond acceptors (Lipinski definition) is 5. The normalized spacial score (nSPS) is 18.0. The molecule has 2 N–H and O–H groups in total. The van der Waals surface area contributed by atoms with E-state index < -0.39 is 29.9 Å². The Kier molecular flexibility index (Phi) is 5.71. The lowest BCUT2D eigenvalue weighted by atomic mass is 9.91. The van der Waals surface area contributed by atoms with E-state index in [1.54, 1.807) is 50.2 Å². The van der Waals surface area contributed by atoms with Gasteiger partial charge in [-0.05, 0) is 38.5 Å². The molecule has 0 aliphatic carbocycles. The smallest absolute Gasteiger partial charge is 0.325 e. The summed E-state index contributed by atoms with van der Waals surface area (Å²) in [5.74, 6) is -0.585. The predicted octanol–water partition coefficient (Wildman–Crippen LogP) is 2.05. The van der Waals surface area contributed by atoms with Crippen LogP contribution in [0.4, 0.5) is 4.79 Å². The lowest BCUT2D eigenvalue weighted by Gasteiger charge is -2.24. The second kappa shape index (κ2) is 8.50. The van der Waals surface area contributed by atoms with Crippen LogP contribution in [0.2, 0.25) is 0 Å². The van der Waals surface area contributed by atoms with Gasteiger partial charge in [0.15, 0.2) is 0 Å². The van der Waals surface area contributed by atoms with Gasteiger partial charge in [0.1, 0.15) is 17.9 Å². The summed E-state index contributed by atoms with van der Waals surface area (Å²) in [5, 5.41) is 3.18. The Hall–Kier alpha value is -4.01. The van der Waals surface area contributed by atoms with Gasteiger partial charge in [-0.2, -0.15) is 0 Å². The van der Waals surface area contributed by atoms with Crippen LogP contribution in [-0.2, 0) is 21.7 Å². The highest BCUT2D eigenvalue weighted by molar-refractivity contribution is 6.09. The maximum Gasteiger partial charge on any atom is 0.325 e. The quantitative estimate of drug-likeness (QED) is 0.561. The Morgan fingerprint density at radius 1 is 1.09 bits per heavy atom. The largest absolute Gasteiger partial charge is 0.334 e. The minimum absolute atomic E-state index is 0.0499. The molecule has 9 nitrogen and oxygen atoms in total. The van der Waals surface area contributed by atoms with Crippen LogP contribution in [0.15, 0.2) is 53.3 Å². The summed E-state index contributed by atoms with van der Waals surface area (Å²) in [4.78, 5) is 60.6. The molecule has 0 saturated carbocycles. The molecule has 1 aliphatic heterocycles. The lowest BCUT2D eigenvalue weighted by molar-refractivity contribution is -0.139. The van der Waals surface area contributed by atoms with E-state index in [-0.39, 0.29) is 12.1 Å². The summed E-state index contributed by atoms with van der Waals surface area (Å²) in [5.41, 5.74) is 0.675. The number of aromatic amines is 1. The van der Waals surface area contributed by atoms with E-state index in [0.717, 1.165) is 10.5 Å². The van der Waals surface area contributed by atoms with Gasteiger partial charge in [-0.3, -0.25) is 19.3 Å². The first-order chi connectivity index (χ1) is 15.7. The number of likely N-dealkylation sites (N-methyl/N-ethyl adjacent to an activating group) is 1. The molecular weight excluding hydrogens is 422 g/mol. The zero-order chi connectivity index (χ0) is 23.8. The molecular formula is C24H25N5O4. The summed E-state index contributed by atoms with van der Waals surface area (Å²) in [6.45, 7) is 5.30. The van der Waals surface area contributed by atoms with Crippen LogP contribution in [0.5, 0.6) is 0 Å². The number of amides is 4. The number of aryl methyl sites for hydroxylation is 1. The van der Waals surface area contributed by atoms with Gasteiger partial charge in [-0.15, -0.1) is 0 Å². The molecule has 1 aliphatic rings. The van der Waals surface area contributed by atoms with E-state index in [2.05, 4.69) is 15.3 Å². The standard InChI is InChI=1S/C24H25N5O4/c1-4-28(13-19-25-18-8-6-5-7-17(18)21(31)26-19)20(30)14-29-22(32)24(3,27-23(29)33)16-11-9-15(2)10-12-16/h5-12H,4,13-14H2,1-3H3,(H,27,33)(H,25,26,31)/t24-/m0/s1. The topological polar surface area (TPSA) is 115 Å². The molecule has 0 spiro atoms. The molecule has 2 aromatic carbocycles. The number of carbonyl (C=O) groups is 3. The maximum atomic E-state index is 13.1. The van der Waals surface area contributed by atoms with Crippen molar-refractivity contribution >= 4 is 28.7 Å². The molecule has 3 aromatic rings. The van der Waals surface area contributed by atoms with Crippen molar-refractivity contribution < 1.29 is 14.4 Å². The van der Waals surface area contributed by atoms with Crippen LogP contribution < -0.4 is 10.9 Å². The van der Waals surface area contributed by atoms with Crippen LogP contribution in [0.25, 0.3) is 10.9 Å².